The molecular formula is C23H21F3N4O4S. The molecule has 35 heavy (non-hydrogen) atoms. The van der Waals surface area contributed by atoms with Gasteiger partial charge in [-0.05, 0) is 53.6 Å². The van der Waals surface area contributed by atoms with Gasteiger partial charge in [0.15, 0.2) is 0 Å². The lowest BCUT2D eigenvalue weighted by atomic mass is 10.1. The first-order valence-corrected chi connectivity index (χ1v) is 12.0. The minimum Gasteiger partial charge on any atom is -0.366 e. The fourth-order valence-corrected chi connectivity index (χ4v) is 4.04. The molecule has 0 spiro atoms. The number of carbonyl (C=O) groups is 2. The summed E-state index contributed by atoms with van der Waals surface area (Å²) in [7, 11) is -3.71. The molecule has 0 fully saturated rings. The zero-order chi connectivity index (χ0) is 25.8. The van der Waals surface area contributed by atoms with Crippen molar-refractivity contribution in [3.63, 3.8) is 0 Å². The molecule has 1 heterocycles. The molecule has 3 rings (SSSR count). The SMILES string of the molecule is CS(=O)(=O)N(Cc1cccc(C(N)=O)c1)c1ccc(C(=O)NCc2ccc(C(F)(F)F)nc2)cc1. The number of nitrogens with one attached hydrogen (secondary N) is 1. The summed E-state index contributed by atoms with van der Waals surface area (Å²) in [4.78, 5) is 27.2. The van der Waals surface area contributed by atoms with Crippen molar-refractivity contribution in [2.24, 2.45) is 5.73 Å². The molecular weight excluding hydrogens is 485 g/mol. The molecule has 0 saturated carbocycles. The van der Waals surface area contributed by atoms with Gasteiger partial charge in [-0.2, -0.15) is 13.2 Å². The molecule has 184 valence electrons. The Balaban J connectivity index is 1.71. The maximum atomic E-state index is 12.6. The number of nitrogens with two attached hydrogens (primary N) is 1. The smallest absolute Gasteiger partial charge is 0.366 e. The number of halogens is 3. The van der Waals surface area contributed by atoms with Gasteiger partial charge in [0.05, 0.1) is 18.5 Å². The highest BCUT2D eigenvalue weighted by Crippen LogP contribution is 2.27. The number of pyridine rings is 1. The summed E-state index contributed by atoms with van der Waals surface area (Å²) in [6, 6.07) is 14.1. The number of hydrogen-bond acceptors (Lipinski definition) is 5. The maximum Gasteiger partial charge on any atom is 0.433 e. The van der Waals surface area contributed by atoms with Crippen LogP contribution in [0.2, 0.25) is 0 Å². The average molecular weight is 507 g/mol. The summed E-state index contributed by atoms with van der Waals surface area (Å²) in [6.07, 6.45) is -2.49. The number of hydrogen-bond donors (Lipinski definition) is 2. The van der Waals surface area contributed by atoms with Gasteiger partial charge >= 0.3 is 6.18 Å². The van der Waals surface area contributed by atoms with Gasteiger partial charge in [-0.3, -0.25) is 18.9 Å². The zero-order valence-electron chi connectivity index (χ0n) is 18.4. The van der Waals surface area contributed by atoms with E-state index in [0.29, 0.717) is 16.8 Å². The van der Waals surface area contributed by atoms with E-state index in [4.69, 9.17) is 5.73 Å². The number of anilines is 1. The van der Waals surface area contributed by atoms with Gasteiger partial charge in [-0.1, -0.05) is 18.2 Å². The lowest BCUT2D eigenvalue weighted by Gasteiger charge is -2.23. The van der Waals surface area contributed by atoms with Crippen molar-refractivity contribution in [3.05, 3.63) is 94.8 Å². The summed E-state index contributed by atoms with van der Waals surface area (Å²) < 4.78 is 63.7. The molecule has 0 aliphatic heterocycles. The monoisotopic (exact) mass is 506 g/mol. The minimum absolute atomic E-state index is 0.0443. The van der Waals surface area contributed by atoms with Crippen LogP contribution in [-0.2, 0) is 29.3 Å². The lowest BCUT2D eigenvalue weighted by molar-refractivity contribution is -0.141. The van der Waals surface area contributed by atoms with Crippen LogP contribution in [0.1, 0.15) is 37.5 Å². The second kappa shape index (κ2) is 10.1. The van der Waals surface area contributed by atoms with Gasteiger partial charge in [0.1, 0.15) is 5.69 Å². The average Bonchev–Trinajstić information content (AvgIpc) is 2.80. The highest BCUT2D eigenvalue weighted by atomic mass is 32.2. The molecule has 0 bridgehead atoms. The molecule has 0 atom stereocenters. The number of benzene rings is 2. The van der Waals surface area contributed by atoms with Gasteiger partial charge in [0, 0.05) is 23.9 Å². The number of nitrogens with zero attached hydrogens (tertiary/aromatic N) is 2. The van der Waals surface area contributed by atoms with E-state index in [2.05, 4.69) is 10.3 Å². The van der Waals surface area contributed by atoms with E-state index in [1.807, 2.05) is 0 Å². The summed E-state index contributed by atoms with van der Waals surface area (Å²) in [5.41, 5.74) is 5.93. The van der Waals surface area contributed by atoms with Crippen LogP contribution < -0.4 is 15.4 Å². The van der Waals surface area contributed by atoms with E-state index in [9.17, 15) is 31.2 Å². The Morgan fingerprint density at radius 2 is 1.69 bits per heavy atom. The van der Waals surface area contributed by atoms with Crippen molar-refractivity contribution in [2.75, 3.05) is 10.6 Å². The predicted molar refractivity (Wildman–Crippen MR) is 123 cm³/mol. The van der Waals surface area contributed by atoms with Gasteiger partial charge in [0.2, 0.25) is 15.9 Å². The number of sulfonamides is 1. The van der Waals surface area contributed by atoms with Gasteiger partial charge in [-0.25, -0.2) is 8.42 Å². The molecule has 0 aliphatic carbocycles. The van der Waals surface area contributed by atoms with Crippen molar-refractivity contribution in [2.45, 2.75) is 19.3 Å². The third-order valence-electron chi connectivity index (χ3n) is 4.92. The van der Waals surface area contributed by atoms with E-state index in [0.717, 1.165) is 22.8 Å². The van der Waals surface area contributed by atoms with E-state index in [1.54, 1.807) is 12.1 Å². The van der Waals surface area contributed by atoms with Crippen molar-refractivity contribution < 1.29 is 31.2 Å². The molecule has 0 radical (unpaired) electrons. The molecule has 0 saturated heterocycles. The normalized spacial score (nSPS) is 11.7. The number of alkyl halides is 3. The van der Waals surface area contributed by atoms with Crippen LogP contribution in [0, 0.1) is 0 Å². The Bertz CT molecular complexity index is 1330. The Labute approximate surface area is 199 Å². The fraction of sp³-hybridized carbons (Fsp3) is 0.174. The van der Waals surface area contributed by atoms with Crippen molar-refractivity contribution in [1.29, 1.82) is 0 Å². The summed E-state index contributed by atoms with van der Waals surface area (Å²) in [5.74, 6) is -1.14. The standard InChI is InChI=1S/C23H21F3N4O4S/c1-35(33,34)30(14-15-3-2-4-18(11-15)21(27)31)19-8-6-17(7-9-19)22(32)29-13-16-5-10-20(28-12-16)23(24,25)26/h2-12H,13-14H2,1H3,(H2,27,31)(H,29,32). The quantitative estimate of drug-likeness (QED) is 0.486. The third kappa shape index (κ3) is 6.79. The van der Waals surface area contributed by atoms with E-state index in [1.165, 1.54) is 42.5 Å². The Morgan fingerprint density at radius 3 is 2.23 bits per heavy atom. The van der Waals surface area contributed by atoms with Crippen LogP contribution in [0.4, 0.5) is 18.9 Å². The molecule has 3 N–H and O–H groups in total. The predicted octanol–water partition coefficient (Wildman–Crippen LogP) is 3.10. The third-order valence-corrected chi connectivity index (χ3v) is 6.06. The molecule has 2 aromatic carbocycles. The number of rotatable bonds is 8. The number of primary amides is 1. The highest BCUT2D eigenvalue weighted by Gasteiger charge is 2.32. The van der Waals surface area contributed by atoms with Crippen LogP contribution in [0.25, 0.3) is 0 Å². The molecule has 8 nitrogen and oxygen atoms in total. The molecule has 0 aliphatic rings. The molecule has 1 aromatic heterocycles. The second-order valence-corrected chi connectivity index (χ2v) is 9.52. The van der Waals surface area contributed by atoms with E-state index in [-0.39, 0.29) is 24.2 Å². The maximum absolute atomic E-state index is 12.6. The van der Waals surface area contributed by atoms with E-state index >= 15 is 0 Å². The highest BCUT2D eigenvalue weighted by molar-refractivity contribution is 7.92. The van der Waals surface area contributed by atoms with Crippen molar-refractivity contribution in [3.8, 4) is 0 Å². The van der Waals surface area contributed by atoms with Gasteiger partial charge in [-0.15, -0.1) is 0 Å². The minimum atomic E-state index is -4.55. The van der Waals surface area contributed by atoms with Crippen molar-refractivity contribution >= 4 is 27.5 Å². The first-order valence-electron chi connectivity index (χ1n) is 10.1. The summed E-state index contributed by atoms with van der Waals surface area (Å²) in [5, 5.41) is 2.57. The van der Waals surface area contributed by atoms with E-state index < -0.39 is 33.7 Å². The van der Waals surface area contributed by atoms with Crippen LogP contribution in [0.15, 0.2) is 66.9 Å². The Morgan fingerprint density at radius 1 is 1.00 bits per heavy atom. The first-order chi connectivity index (χ1) is 16.3. The topological polar surface area (TPSA) is 122 Å². The van der Waals surface area contributed by atoms with Crippen LogP contribution >= 0.6 is 0 Å². The summed E-state index contributed by atoms with van der Waals surface area (Å²) in [6.45, 7) is -0.107. The van der Waals surface area contributed by atoms with Crippen LogP contribution in [0.3, 0.4) is 0 Å². The number of carbonyl (C=O) groups excluding carboxylic acids is 2. The fourth-order valence-electron chi connectivity index (χ4n) is 3.15. The largest absolute Gasteiger partial charge is 0.433 e. The number of amides is 2. The first kappa shape index (κ1) is 25.7. The van der Waals surface area contributed by atoms with Crippen molar-refractivity contribution in [1.82, 2.24) is 10.3 Å². The Hall–Kier alpha value is -3.93. The molecule has 3 aromatic rings. The zero-order valence-corrected chi connectivity index (χ0v) is 19.2. The second-order valence-electron chi connectivity index (χ2n) is 7.61. The van der Waals surface area contributed by atoms with Crippen LogP contribution in [0.5, 0.6) is 0 Å². The molecule has 2 amide bonds. The molecule has 0 unspecified atom stereocenters. The lowest BCUT2D eigenvalue weighted by Crippen LogP contribution is -2.29. The Kier molecular flexibility index (Phi) is 7.44. The summed E-state index contributed by atoms with van der Waals surface area (Å²) >= 11 is 0. The molecule has 12 heteroatoms. The van der Waals surface area contributed by atoms with Crippen LogP contribution in [-0.4, -0.2) is 31.5 Å². The van der Waals surface area contributed by atoms with Gasteiger partial charge in [0.25, 0.3) is 5.91 Å². The van der Waals surface area contributed by atoms with Gasteiger partial charge < -0.3 is 11.1 Å². The number of aromatic nitrogens is 1.